The maximum absolute atomic E-state index is 12.8. The lowest BCUT2D eigenvalue weighted by atomic mass is 10.0. The number of esters is 2. The summed E-state index contributed by atoms with van der Waals surface area (Å²) in [5, 5.41) is 11.8. The third-order valence-electron chi connectivity index (χ3n) is 13.9. The molecule has 9 nitrogen and oxygen atoms in total. The van der Waals surface area contributed by atoms with Crippen molar-refractivity contribution in [1.29, 1.82) is 0 Å². The van der Waals surface area contributed by atoms with Crippen molar-refractivity contribution in [3.63, 3.8) is 0 Å². The summed E-state index contributed by atoms with van der Waals surface area (Å²) in [5.74, 6) is -2.33. The summed E-state index contributed by atoms with van der Waals surface area (Å²) >= 11 is 0. The lowest BCUT2D eigenvalue weighted by Gasteiger charge is -2.26. The summed E-state index contributed by atoms with van der Waals surface area (Å²) < 4.78 is 22.6. The van der Waals surface area contributed by atoms with E-state index in [-0.39, 0.29) is 38.6 Å². The van der Waals surface area contributed by atoms with Crippen LogP contribution in [0.5, 0.6) is 0 Å². The van der Waals surface area contributed by atoms with E-state index in [1.165, 1.54) is 186 Å². The SMILES string of the molecule is CC/C=C\C/C=C\C/C=C\C/C=C\CCCCC(=O)OC(COC(=O)CCCCCCCCCCCCCCCCCCCCCCCCCCC/C=C\C/C=C\CCCCCCC)COC(OCC[N+](C)(C)C)C(=O)[O-]. The van der Waals surface area contributed by atoms with Crippen LogP contribution in [0.15, 0.2) is 72.9 Å². The number of allylic oxidation sites excluding steroid dienone is 12. The van der Waals surface area contributed by atoms with Crippen LogP contribution in [0.25, 0.3) is 0 Å². The maximum Gasteiger partial charge on any atom is 0.306 e. The fourth-order valence-electron chi connectivity index (χ4n) is 9.03. The fourth-order valence-corrected chi connectivity index (χ4v) is 9.03. The highest BCUT2D eigenvalue weighted by atomic mass is 16.7. The van der Waals surface area contributed by atoms with Gasteiger partial charge in [0.2, 0.25) is 0 Å². The number of carbonyl (C=O) groups is 3. The first-order valence-electron chi connectivity index (χ1n) is 32.1. The quantitative estimate of drug-likeness (QED) is 0.0195. The second kappa shape index (κ2) is 58.9. The van der Waals surface area contributed by atoms with Crippen molar-refractivity contribution in [2.24, 2.45) is 0 Å². The minimum atomic E-state index is -1.63. The van der Waals surface area contributed by atoms with Gasteiger partial charge in [0.1, 0.15) is 13.2 Å². The van der Waals surface area contributed by atoms with Crippen LogP contribution in [-0.4, -0.2) is 82.3 Å². The number of ether oxygens (including phenoxy) is 4. The molecule has 2 unspecified atom stereocenters. The Morgan fingerprint density at radius 3 is 1.13 bits per heavy atom. The Labute approximate surface area is 475 Å². The number of quaternary nitrogens is 1. The Hall–Kier alpha value is -3.27. The molecule has 0 rings (SSSR count). The van der Waals surface area contributed by atoms with E-state index in [4.69, 9.17) is 18.9 Å². The van der Waals surface area contributed by atoms with Crippen LogP contribution < -0.4 is 5.11 Å². The van der Waals surface area contributed by atoms with Crippen LogP contribution in [0, 0.1) is 0 Å². The van der Waals surface area contributed by atoms with E-state index in [1.807, 2.05) is 21.1 Å². The monoisotopic (exact) mass is 1080 g/mol. The molecule has 0 saturated heterocycles. The van der Waals surface area contributed by atoms with Crippen LogP contribution >= 0.6 is 0 Å². The van der Waals surface area contributed by atoms with Gasteiger partial charge in [0.15, 0.2) is 12.4 Å². The van der Waals surface area contributed by atoms with Crippen molar-refractivity contribution in [2.45, 2.75) is 296 Å². The lowest BCUT2D eigenvalue weighted by Crippen LogP contribution is -2.44. The second-order valence-corrected chi connectivity index (χ2v) is 22.7. The first-order chi connectivity index (χ1) is 37.6. The summed E-state index contributed by atoms with van der Waals surface area (Å²) in [7, 11) is 5.91. The highest BCUT2D eigenvalue weighted by Gasteiger charge is 2.22. The Morgan fingerprint density at radius 2 is 0.740 bits per heavy atom. The van der Waals surface area contributed by atoms with Crippen molar-refractivity contribution in [3.8, 4) is 0 Å². The van der Waals surface area contributed by atoms with Crippen LogP contribution in [0.2, 0.25) is 0 Å². The van der Waals surface area contributed by atoms with E-state index < -0.39 is 24.3 Å². The van der Waals surface area contributed by atoms with Gasteiger partial charge in [0.05, 0.1) is 40.3 Å². The Morgan fingerprint density at radius 1 is 0.403 bits per heavy atom. The van der Waals surface area contributed by atoms with Crippen LogP contribution in [0.3, 0.4) is 0 Å². The van der Waals surface area contributed by atoms with Gasteiger partial charge in [-0.05, 0) is 83.5 Å². The molecule has 0 aromatic carbocycles. The molecule has 0 aromatic rings. The zero-order valence-corrected chi connectivity index (χ0v) is 50.8. The average molecular weight is 1080 g/mol. The van der Waals surface area contributed by atoms with E-state index >= 15 is 0 Å². The number of carboxylic acids is 1. The molecule has 0 aliphatic heterocycles. The topological polar surface area (TPSA) is 111 Å². The second-order valence-electron chi connectivity index (χ2n) is 22.7. The molecular formula is C68H121NO8. The summed E-state index contributed by atoms with van der Waals surface area (Å²) in [4.78, 5) is 37.3. The number of hydrogen-bond donors (Lipinski definition) is 0. The van der Waals surface area contributed by atoms with Gasteiger partial charge in [0, 0.05) is 12.8 Å². The molecule has 0 N–H and O–H groups in total. The molecule has 9 heteroatoms. The molecule has 2 atom stereocenters. The van der Waals surface area contributed by atoms with Crippen molar-refractivity contribution < 1.29 is 42.9 Å². The first-order valence-corrected chi connectivity index (χ1v) is 32.1. The number of unbranched alkanes of at least 4 members (excludes halogenated alkanes) is 32. The molecule has 77 heavy (non-hydrogen) atoms. The van der Waals surface area contributed by atoms with Gasteiger partial charge < -0.3 is 33.3 Å². The Kier molecular flexibility index (Phi) is 56.4. The highest BCUT2D eigenvalue weighted by molar-refractivity contribution is 5.70. The van der Waals surface area contributed by atoms with Crippen molar-refractivity contribution in [2.75, 3.05) is 47.5 Å². The summed E-state index contributed by atoms with van der Waals surface area (Å²) in [5.41, 5.74) is 0. The van der Waals surface area contributed by atoms with Crippen molar-refractivity contribution in [1.82, 2.24) is 0 Å². The molecule has 446 valence electrons. The molecule has 0 radical (unpaired) electrons. The van der Waals surface area contributed by atoms with Crippen LogP contribution in [0.4, 0.5) is 0 Å². The molecule has 0 bridgehead atoms. The molecule has 0 spiro atoms. The highest BCUT2D eigenvalue weighted by Crippen LogP contribution is 2.17. The number of hydrogen-bond acceptors (Lipinski definition) is 8. The fraction of sp³-hybridized carbons (Fsp3) is 0.779. The van der Waals surface area contributed by atoms with E-state index in [0.29, 0.717) is 17.4 Å². The van der Waals surface area contributed by atoms with Gasteiger partial charge >= 0.3 is 11.9 Å². The lowest BCUT2D eigenvalue weighted by molar-refractivity contribution is -0.870. The number of rotatable bonds is 59. The number of carbonyl (C=O) groups excluding carboxylic acids is 3. The number of carboxylic acid groups (broad SMARTS) is 1. The van der Waals surface area contributed by atoms with Crippen LogP contribution in [-0.2, 0) is 33.3 Å². The van der Waals surface area contributed by atoms with Gasteiger partial charge in [-0.25, -0.2) is 0 Å². The molecule has 0 heterocycles. The van der Waals surface area contributed by atoms with E-state index in [9.17, 15) is 19.5 Å². The van der Waals surface area contributed by atoms with Crippen LogP contribution in [0.1, 0.15) is 284 Å². The zero-order chi connectivity index (χ0) is 56.2. The Bertz CT molecular complexity index is 1490. The molecule has 0 aliphatic rings. The summed E-state index contributed by atoms with van der Waals surface area (Å²) in [6, 6.07) is 0. The van der Waals surface area contributed by atoms with Gasteiger partial charge in [-0.1, -0.05) is 260 Å². The predicted octanol–water partition coefficient (Wildman–Crippen LogP) is 18.0. The van der Waals surface area contributed by atoms with Gasteiger partial charge in [-0.2, -0.15) is 0 Å². The minimum absolute atomic E-state index is 0.138. The molecule has 0 aliphatic carbocycles. The normalized spacial score (nSPS) is 13.2. The van der Waals surface area contributed by atoms with E-state index in [1.54, 1.807) is 0 Å². The zero-order valence-electron chi connectivity index (χ0n) is 50.8. The predicted molar refractivity (Wildman–Crippen MR) is 325 cm³/mol. The molecule has 0 amide bonds. The maximum atomic E-state index is 12.8. The summed E-state index contributed by atoms with van der Waals surface area (Å²) in [6.45, 7) is 4.59. The van der Waals surface area contributed by atoms with E-state index in [0.717, 1.165) is 64.2 Å². The third kappa shape index (κ3) is 60.2. The van der Waals surface area contributed by atoms with Gasteiger partial charge in [-0.3, -0.25) is 9.59 Å². The number of nitrogens with zero attached hydrogens (tertiary/aromatic N) is 1. The molecule has 0 saturated carbocycles. The number of likely N-dealkylation sites (N-methyl/N-ethyl adjacent to an activating group) is 1. The van der Waals surface area contributed by atoms with Gasteiger partial charge in [0.25, 0.3) is 0 Å². The average Bonchev–Trinajstić information content (AvgIpc) is 3.40. The minimum Gasteiger partial charge on any atom is -0.545 e. The molecule has 0 aromatic heterocycles. The van der Waals surface area contributed by atoms with Gasteiger partial charge in [-0.15, -0.1) is 0 Å². The first kappa shape index (κ1) is 73.7. The largest absolute Gasteiger partial charge is 0.545 e. The molecule has 0 fully saturated rings. The third-order valence-corrected chi connectivity index (χ3v) is 13.9. The smallest absolute Gasteiger partial charge is 0.306 e. The van der Waals surface area contributed by atoms with Crippen molar-refractivity contribution in [3.05, 3.63) is 72.9 Å². The van der Waals surface area contributed by atoms with E-state index in [2.05, 4.69) is 86.8 Å². The summed E-state index contributed by atoms with van der Waals surface area (Å²) in [6.07, 6.45) is 74.3. The standard InChI is InChI=1S/C68H121NO8/c1-6-8-10-12-14-16-18-20-22-23-24-25-26-27-28-29-30-31-32-33-34-35-36-37-38-39-40-41-42-43-45-46-48-50-52-54-56-58-65(70)75-62-64(63-76-68(67(72)73)74-61-60-69(3,4)5)77-66(71)59-57-55-53-51-49-47-44-21-19-17-15-13-11-9-7-2/h9,11,15,17-18,20-21,23-24,44,49,51,64,68H,6-8,10,12-14,16,19,22,25-43,45-48,50,52-63H2,1-5H3/b11-9-,17-15-,20-18-,24-23-,44-21-,51-49-. The van der Waals surface area contributed by atoms with Crippen molar-refractivity contribution >= 4 is 17.9 Å². The number of aliphatic carboxylic acids is 1. The Balaban J connectivity index is 3.99. The molecular weight excluding hydrogens is 959 g/mol.